The summed E-state index contributed by atoms with van der Waals surface area (Å²) in [4.78, 5) is 15.7. The Hall–Kier alpha value is -0.650. The average Bonchev–Trinajstić information content (AvgIpc) is 2.65. The highest BCUT2D eigenvalue weighted by atomic mass is 16.5. The third-order valence-corrected chi connectivity index (χ3v) is 3.17. The summed E-state index contributed by atoms with van der Waals surface area (Å²) in [6.45, 7) is 2.62. The van der Waals surface area contributed by atoms with E-state index in [0.717, 1.165) is 19.5 Å². The number of nitrogens with zero attached hydrogens (tertiary/aromatic N) is 2. The lowest BCUT2D eigenvalue weighted by molar-refractivity contribution is -0.154. The molecular formula is C10H18N2O3. The van der Waals surface area contributed by atoms with Crippen molar-refractivity contribution in [3.63, 3.8) is 0 Å². The average molecular weight is 214 g/mol. The smallest absolute Gasteiger partial charge is 0.248 e. The Labute approximate surface area is 89.6 Å². The van der Waals surface area contributed by atoms with E-state index in [4.69, 9.17) is 9.84 Å². The molecule has 1 N–H and O–H groups in total. The van der Waals surface area contributed by atoms with Gasteiger partial charge in [0, 0.05) is 19.1 Å². The van der Waals surface area contributed by atoms with E-state index in [0.29, 0.717) is 12.6 Å². The molecule has 15 heavy (non-hydrogen) atoms. The summed E-state index contributed by atoms with van der Waals surface area (Å²) < 4.78 is 5.20. The lowest BCUT2D eigenvalue weighted by atomic mass is 10.1. The molecule has 2 rings (SSSR count). The Morgan fingerprint density at radius 3 is 2.93 bits per heavy atom. The SMILES string of the molecule is CN1CCC(N2CC(CO)OCC2=O)C1. The molecule has 0 spiro atoms. The van der Waals surface area contributed by atoms with E-state index >= 15 is 0 Å². The molecule has 2 atom stereocenters. The van der Waals surface area contributed by atoms with Crippen LogP contribution in [-0.4, -0.2) is 72.9 Å². The highest BCUT2D eigenvalue weighted by Gasteiger charge is 2.34. The zero-order valence-electron chi connectivity index (χ0n) is 9.06. The number of aliphatic hydroxyl groups is 1. The number of amides is 1. The van der Waals surface area contributed by atoms with E-state index in [2.05, 4.69) is 11.9 Å². The molecule has 2 saturated heterocycles. The van der Waals surface area contributed by atoms with E-state index in [9.17, 15) is 4.79 Å². The van der Waals surface area contributed by atoms with Crippen molar-refractivity contribution in [3.05, 3.63) is 0 Å². The van der Waals surface area contributed by atoms with Crippen molar-refractivity contribution < 1.29 is 14.6 Å². The fourth-order valence-corrected chi connectivity index (χ4v) is 2.28. The molecule has 0 aromatic rings. The van der Waals surface area contributed by atoms with E-state index in [1.165, 1.54) is 0 Å². The van der Waals surface area contributed by atoms with Gasteiger partial charge in [0.15, 0.2) is 0 Å². The van der Waals surface area contributed by atoms with Crippen LogP contribution < -0.4 is 0 Å². The Balaban J connectivity index is 1.96. The number of likely N-dealkylation sites (N-methyl/N-ethyl adjacent to an activating group) is 1. The van der Waals surface area contributed by atoms with E-state index < -0.39 is 0 Å². The molecular weight excluding hydrogens is 196 g/mol. The van der Waals surface area contributed by atoms with Gasteiger partial charge < -0.3 is 19.6 Å². The maximum Gasteiger partial charge on any atom is 0.248 e. The second-order valence-electron chi connectivity index (χ2n) is 4.37. The van der Waals surface area contributed by atoms with Crippen LogP contribution in [0, 0.1) is 0 Å². The number of carbonyl (C=O) groups excluding carboxylic acids is 1. The van der Waals surface area contributed by atoms with Crippen LogP contribution in [0.25, 0.3) is 0 Å². The van der Waals surface area contributed by atoms with Gasteiger partial charge in [0.2, 0.25) is 5.91 Å². The highest BCUT2D eigenvalue weighted by molar-refractivity contribution is 5.78. The molecule has 2 fully saturated rings. The number of likely N-dealkylation sites (tertiary alicyclic amines) is 1. The van der Waals surface area contributed by atoms with E-state index in [1.807, 2.05) is 4.90 Å². The lowest BCUT2D eigenvalue weighted by Crippen LogP contribution is -2.52. The maximum absolute atomic E-state index is 11.7. The van der Waals surface area contributed by atoms with Gasteiger partial charge in [-0.15, -0.1) is 0 Å². The first kappa shape index (κ1) is 10.9. The minimum Gasteiger partial charge on any atom is -0.394 e. The van der Waals surface area contributed by atoms with Crippen molar-refractivity contribution in [2.45, 2.75) is 18.6 Å². The Morgan fingerprint density at radius 2 is 2.33 bits per heavy atom. The molecule has 0 saturated carbocycles. The van der Waals surface area contributed by atoms with Gasteiger partial charge in [-0.1, -0.05) is 0 Å². The van der Waals surface area contributed by atoms with Gasteiger partial charge in [-0.25, -0.2) is 0 Å². The second kappa shape index (κ2) is 4.47. The summed E-state index contributed by atoms with van der Waals surface area (Å²) >= 11 is 0. The summed E-state index contributed by atoms with van der Waals surface area (Å²) in [5, 5.41) is 9.02. The van der Waals surface area contributed by atoms with Crippen molar-refractivity contribution in [2.75, 3.05) is 39.9 Å². The number of hydrogen-bond donors (Lipinski definition) is 1. The number of morpholine rings is 1. The topological polar surface area (TPSA) is 53.0 Å². The minimum absolute atomic E-state index is 0.00760. The molecule has 1 amide bonds. The van der Waals surface area contributed by atoms with Gasteiger partial charge in [0.1, 0.15) is 6.61 Å². The van der Waals surface area contributed by atoms with Gasteiger partial charge in [-0.05, 0) is 20.0 Å². The van der Waals surface area contributed by atoms with Gasteiger partial charge >= 0.3 is 0 Å². The maximum atomic E-state index is 11.7. The number of carbonyl (C=O) groups is 1. The normalized spacial score (nSPS) is 33.7. The standard InChI is InChI=1S/C10H18N2O3/c1-11-3-2-8(4-11)12-5-9(6-13)15-7-10(12)14/h8-9,13H,2-7H2,1H3. The molecule has 2 unspecified atom stereocenters. The number of aliphatic hydroxyl groups excluding tert-OH is 1. The first-order valence-electron chi connectivity index (χ1n) is 5.41. The van der Waals surface area contributed by atoms with Gasteiger partial charge in [-0.2, -0.15) is 0 Å². The fourth-order valence-electron chi connectivity index (χ4n) is 2.28. The van der Waals surface area contributed by atoms with Crippen LogP contribution in [0.3, 0.4) is 0 Å². The van der Waals surface area contributed by atoms with Crippen LogP contribution in [0.5, 0.6) is 0 Å². The van der Waals surface area contributed by atoms with Crippen molar-refractivity contribution in [3.8, 4) is 0 Å². The molecule has 2 heterocycles. The van der Waals surface area contributed by atoms with Gasteiger partial charge in [0.05, 0.1) is 12.7 Å². The van der Waals surface area contributed by atoms with Gasteiger partial charge in [-0.3, -0.25) is 4.79 Å². The molecule has 0 aliphatic carbocycles. The lowest BCUT2D eigenvalue weighted by Gasteiger charge is -2.36. The fraction of sp³-hybridized carbons (Fsp3) is 0.900. The molecule has 86 valence electrons. The van der Waals surface area contributed by atoms with Crippen LogP contribution in [0.1, 0.15) is 6.42 Å². The molecule has 5 nitrogen and oxygen atoms in total. The predicted octanol–water partition coefficient (Wildman–Crippen LogP) is -1.09. The highest BCUT2D eigenvalue weighted by Crippen LogP contribution is 2.18. The molecule has 2 aliphatic rings. The van der Waals surface area contributed by atoms with E-state index in [1.54, 1.807) is 0 Å². The summed E-state index contributed by atoms with van der Waals surface area (Å²) in [7, 11) is 2.06. The first-order chi connectivity index (χ1) is 7.20. The van der Waals surface area contributed by atoms with Crippen molar-refractivity contribution in [1.29, 1.82) is 0 Å². The molecule has 2 aliphatic heterocycles. The molecule has 0 bridgehead atoms. The molecule has 0 radical (unpaired) electrons. The molecule has 0 aromatic heterocycles. The van der Waals surface area contributed by atoms with Crippen molar-refractivity contribution >= 4 is 5.91 Å². The third-order valence-electron chi connectivity index (χ3n) is 3.17. The van der Waals surface area contributed by atoms with Crippen LogP contribution in [0.15, 0.2) is 0 Å². The van der Waals surface area contributed by atoms with Crippen LogP contribution in [-0.2, 0) is 9.53 Å². The first-order valence-corrected chi connectivity index (χ1v) is 5.41. The summed E-state index contributed by atoms with van der Waals surface area (Å²) in [5.41, 5.74) is 0. The monoisotopic (exact) mass is 214 g/mol. The zero-order valence-corrected chi connectivity index (χ0v) is 9.06. The Bertz CT molecular complexity index is 247. The van der Waals surface area contributed by atoms with Crippen LogP contribution in [0.4, 0.5) is 0 Å². The number of rotatable bonds is 2. The predicted molar refractivity (Wildman–Crippen MR) is 54.4 cm³/mol. The number of ether oxygens (including phenoxy) is 1. The Kier molecular flexibility index (Phi) is 3.23. The summed E-state index contributed by atoms with van der Waals surface area (Å²) in [5.74, 6) is 0.0556. The molecule has 0 aromatic carbocycles. The second-order valence-corrected chi connectivity index (χ2v) is 4.37. The quantitative estimate of drug-likeness (QED) is 0.634. The van der Waals surface area contributed by atoms with Crippen LogP contribution in [0.2, 0.25) is 0 Å². The van der Waals surface area contributed by atoms with Crippen molar-refractivity contribution in [2.24, 2.45) is 0 Å². The van der Waals surface area contributed by atoms with Crippen molar-refractivity contribution in [1.82, 2.24) is 9.80 Å². The van der Waals surface area contributed by atoms with E-state index in [-0.39, 0.29) is 25.2 Å². The minimum atomic E-state index is -0.200. The largest absolute Gasteiger partial charge is 0.394 e. The van der Waals surface area contributed by atoms with Gasteiger partial charge in [0.25, 0.3) is 0 Å². The summed E-state index contributed by atoms with van der Waals surface area (Å²) in [6, 6.07) is 0.306. The summed E-state index contributed by atoms with van der Waals surface area (Å²) in [6.07, 6.45) is 0.828. The van der Waals surface area contributed by atoms with Crippen LogP contribution >= 0.6 is 0 Å². The third kappa shape index (κ3) is 2.30. The Morgan fingerprint density at radius 1 is 1.53 bits per heavy atom. The zero-order chi connectivity index (χ0) is 10.8. The molecule has 5 heteroatoms. The number of hydrogen-bond acceptors (Lipinski definition) is 4.